The van der Waals surface area contributed by atoms with Crippen LogP contribution in [0.5, 0.6) is 0 Å². The second-order valence-electron chi connectivity index (χ2n) is 6.31. The molecule has 1 fully saturated rings. The molecule has 20 heavy (non-hydrogen) atoms. The highest BCUT2D eigenvalue weighted by molar-refractivity contribution is 4.95. The highest BCUT2D eigenvalue weighted by atomic mass is 16.5. The lowest BCUT2D eigenvalue weighted by Gasteiger charge is -2.32. The van der Waals surface area contributed by atoms with Crippen molar-refractivity contribution in [2.45, 2.75) is 58.6 Å². The van der Waals surface area contributed by atoms with Crippen LogP contribution in [0.2, 0.25) is 0 Å². The molecule has 1 aliphatic rings. The molecular formula is C17H29NO2. The summed E-state index contributed by atoms with van der Waals surface area (Å²) in [7, 11) is 0. The minimum atomic E-state index is 0.589. The van der Waals surface area contributed by atoms with Crippen LogP contribution < -0.4 is 5.32 Å². The molecule has 3 heteroatoms. The molecule has 1 aromatic heterocycles. The zero-order valence-electron chi connectivity index (χ0n) is 12.9. The van der Waals surface area contributed by atoms with E-state index in [9.17, 15) is 0 Å². The Hall–Kier alpha value is -0.800. The summed E-state index contributed by atoms with van der Waals surface area (Å²) < 4.78 is 10.8. The third kappa shape index (κ3) is 5.29. The van der Waals surface area contributed by atoms with Crippen LogP contribution in [0.15, 0.2) is 22.8 Å². The van der Waals surface area contributed by atoms with Crippen molar-refractivity contribution in [2.75, 3.05) is 13.2 Å². The zero-order chi connectivity index (χ0) is 14.2. The first kappa shape index (κ1) is 15.6. The topological polar surface area (TPSA) is 34.4 Å². The molecule has 114 valence electrons. The van der Waals surface area contributed by atoms with Gasteiger partial charge in [-0.2, -0.15) is 0 Å². The first-order valence-corrected chi connectivity index (χ1v) is 8.09. The van der Waals surface area contributed by atoms with E-state index in [4.69, 9.17) is 9.15 Å². The molecular weight excluding hydrogens is 250 g/mol. The molecule has 2 atom stereocenters. The van der Waals surface area contributed by atoms with Crippen molar-refractivity contribution >= 4 is 0 Å². The molecule has 0 aliphatic heterocycles. The lowest BCUT2D eigenvalue weighted by molar-refractivity contribution is 0.103. The lowest BCUT2D eigenvalue weighted by atomic mass is 9.79. The Labute approximate surface area is 123 Å². The molecule has 0 radical (unpaired) electrons. The molecule has 1 aliphatic carbocycles. The standard InChI is InChI=1S/C17H29NO2/c1-14(2)15-6-3-7-16(12-15)18-9-5-10-19-13-17-8-4-11-20-17/h4,8,11,14-16,18H,3,5-7,9-10,12-13H2,1-2H3. The maximum atomic E-state index is 5.59. The number of ether oxygens (including phenoxy) is 1. The first-order chi connectivity index (χ1) is 9.75. The van der Waals surface area contributed by atoms with Gasteiger partial charge in [-0.1, -0.05) is 26.7 Å². The van der Waals surface area contributed by atoms with Crippen LogP contribution in [-0.2, 0) is 11.3 Å². The van der Waals surface area contributed by atoms with Crippen LogP contribution in [0.3, 0.4) is 0 Å². The summed E-state index contributed by atoms with van der Waals surface area (Å²) in [6, 6.07) is 4.57. The maximum Gasteiger partial charge on any atom is 0.129 e. The second kappa shape index (κ2) is 8.48. The van der Waals surface area contributed by atoms with Crippen molar-refractivity contribution < 1.29 is 9.15 Å². The summed E-state index contributed by atoms with van der Waals surface area (Å²) in [5.74, 6) is 2.65. The van der Waals surface area contributed by atoms with Crippen molar-refractivity contribution in [3.05, 3.63) is 24.2 Å². The molecule has 0 bridgehead atoms. The van der Waals surface area contributed by atoms with Crippen molar-refractivity contribution in [3.63, 3.8) is 0 Å². The van der Waals surface area contributed by atoms with E-state index in [2.05, 4.69) is 19.2 Å². The molecule has 2 unspecified atom stereocenters. The number of hydrogen-bond acceptors (Lipinski definition) is 3. The van der Waals surface area contributed by atoms with Gasteiger partial charge in [-0.15, -0.1) is 0 Å². The fraction of sp³-hybridized carbons (Fsp3) is 0.765. The Bertz CT molecular complexity index is 348. The van der Waals surface area contributed by atoms with Crippen LogP contribution in [0, 0.1) is 11.8 Å². The van der Waals surface area contributed by atoms with Crippen molar-refractivity contribution in [1.82, 2.24) is 5.32 Å². The van der Waals surface area contributed by atoms with E-state index in [1.54, 1.807) is 6.26 Å². The fourth-order valence-corrected chi connectivity index (χ4v) is 3.07. The minimum Gasteiger partial charge on any atom is -0.467 e. The molecule has 0 saturated heterocycles. The van der Waals surface area contributed by atoms with E-state index in [0.29, 0.717) is 6.61 Å². The van der Waals surface area contributed by atoms with Crippen LogP contribution >= 0.6 is 0 Å². The largest absolute Gasteiger partial charge is 0.467 e. The van der Waals surface area contributed by atoms with Crippen LogP contribution in [0.1, 0.15) is 51.7 Å². The van der Waals surface area contributed by atoms with Gasteiger partial charge in [0.2, 0.25) is 0 Å². The van der Waals surface area contributed by atoms with Gasteiger partial charge < -0.3 is 14.5 Å². The van der Waals surface area contributed by atoms with Gasteiger partial charge in [0.15, 0.2) is 0 Å². The minimum absolute atomic E-state index is 0.589. The van der Waals surface area contributed by atoms with E-state index in [1.807, 2.05) is 12.1 Å². The Morgan fingerprint density at radius 2 is 2.30 bits per heavy atom. The third-order valence-corrected chi connectivity index (χ3v) is 4.38. The van der Waals surface area contributed by atoms with Crippen LogP contribution in [-0.4, -0.2) is 19.2 Å². The van der Waals surface area contributed by atoms with E-state index in [1.165, 1.54) is 25.7 Å². The lowest BCUT2D eigenvalue weighted by Crippen LogP contribution is -2.36. The molecule has 2 rings (SSSR count). The Morgan fingerprint density at radius 3 is 3.05 bits per heavy atom. The predicted octanol–water partition coefficient (Wildman–Crippen LogP) is 3.99. The van der Waals surface area contributed by atoms with E-state index < -0.39 is 0 Å². The average Bonchev–Trinajstić information content (AvgIpc) is 2.96. The monoisotopic (exact) mass is 279 g/mol. The highest BCUT2D eigenvalue weighted by Gasteiger charge is 2.23. The zero-order valence-corrected chi connectivity index (χ0v) is 12.9. The van der Waals surface area contributed by atoms with E-state index in [0.717, 1.165) is 43.2 Å². The second-order valence-corrected chi connectivity index (χ2v) is 6.31. The Kier molecular flexibility index (Phi) is 6.61. The summed E-state index contributed by atoms with van der Waals surface area (Å²) in [6.45, 7) is 7.17. The molecule has 1 heterocycles. The number of nitrogens with one attached hydrogen (secondary N) is 1. The van der Waals surface area contributed by atoms with Gasteiger partial charge in [-0.3, -0.25) is 0 Å². The molecule has 1 saturated carbocycles. The number of furan rings is 1. The van der Waals surface area contributed by atoms with Crippen LogP contribution in [0.4, 0.5) is 0 Å². The quantitative estimate of drug-likeness (QED) is 0.731. The van der Waals surface area contributed by atoms with Gasteiger partial charge in [-0.05, 0) is 49.8 Å². The van der Waals surface area contributed by atoms with Gasteiger partial charge in [0.05, 0.1) is 6.26 Å². The summed E-state index contributed by atoms with van der Waals surface area (Å²) in [6.07, 6.45) is 8.26. The van der Waals surface area contributed by atoms with Gasteiger partial charge in [-0.25, -0.2) is 0 Å². The molecule has 3 nitrogen and oxygen atoms in total. The summed E-state index contributed by atoms with van der Waals surface area (Å²) in [4.78, 5) is 0. The Morgan fingerprint density at radius 1 is 1.40 bits per heavy atom. The molecule has 1 aromatic rings. The highest BCUT2D eigenvalue weighted by Crippen LogP contribution is 2.29. The molecule has 0 aromatic carbocycles. The Balaban J connectivity index is 1.50. The summed E-state index contributed by atoms with van der Waals surface area (Å²) in [5, 5.41) is 3.70. The van der Waals surface area contributed by atoms with E-state index >= 15 is 0 Å². The summed E-state index contributed by atoms with van der Waals surface area (Å²) >= 11 is 0. The van der Waals surface area contributed by atoms with Crippen molar-refractivity contribution in [3.8, 4) is 0 Å². The fourth-order valence-electron chi connectivity index (χ4n) is 3.07. The van der Waals surface area contributed by atoms with Gasteiger partial charge in [0.1, 0.15) is 12.4 Å². The van der Waals surface area contributed by atoms with Gasteiger partial charge in [0, 0.05) is 12.6 Å². The third-order valence-electron chi connectivity index (χ3n) is 4.38. The molecule has 0 spiro atoms. The van der Waals surface area contributed by atoms with Crippen molar-refractivity contribution in [2.24, 2.45) is 11.8 Å². The van der Waals surface area contributed by atoms with Gasteiger partial charge in [0.25, 0.3) is 0 Å². The van der Waals surface area contributed by atoms with Gasteiger partial charge >= 0.3 is 0 Å². The molecule has 1 N–H and O–H groups in total. The normalized spacial score (nSPS) is 23.4. The summed E-state index contributed by atoms with van der Waals surface area (Å²) in [5.41, 5.74) is 0. The van der Waals surface area contributed by atoms with Crippen LogP contribution in [0.25, 0.3) is 0 Å². The SMILES string of the molecule is CC(C)C1CCCC(NCCCOCc2ccco2)C1. The van der Waals surface area contributed by atoms with Crippen molar-refractivity contribution in [1.29, 1.82) is 0 Å². The average molecular weight is 279 g/mol. The van der Waals surface area contributed by atoms with E-state index in [-0.39, 0.29) is 0 Å². The first-order valence-electron chi connectivity index (χ1n) is 8.09. The predicted molar refractivity (Wildman–Crippen MR) is 81.6 cm³/mol. The maximum absolute atomic E-state index is 5.59. The smallest absolute Gasteiger partial charge is 0.129 e. The number of rotatable bonds is 8. The molecule has 0 amide bonds. The number of hydrogen-bond donors (Lipinski definition) is 1.